The molecule has 38 heavy (non-hydrogen) atoms. The first-order valence-corrected chi connectivity index (χ1v) is 13.4. The summed E-state index contributed by atoms with van der Waals surface area (Å²) in [6, 6.07) is 9.72. The van der Waals surface area contributed by atoms with Crippen molar-refractivity contribution in [2.24, 2.45) is 10.8 Å². The van der Waals surface area contributed by atoms with Crippen molar-refractivity contribution in [1.82, 2.24) is 10.2 Å². The zero-order valence-corrected chi connectivity index (χ0v) is 24.0. The monoisotopic (exact) mass is 522 g/mol. The zero-order valence-electron chi connectivity index (χ0n) is 24.0. The number of cyclic esters (lactones) is 1. The van der Waals surface area contributed by atoms with E-state index in [9.17, 15) is 9.59 Å². The topological polar surface area (TPSA) is 77.1 Å². The van der Waals surface area contributed by atoms with E-state index in [2.05, 4.69) is 61.6 Å². The fourth-order valence-electron chi connectivity index (χ4n) is 5.54. The number of benzene rings is 2. The smallest absolute Gasteiger partial charge is 0.407 e. The van der Waals surface area contributed by atoms with Gasteiger partial charge in [-0.3, -0.25) is 4.79 Å². The Bertz CT molecular complexity index is 1240. The van der Waals surface area contributed by atoms with Gasteiger partial charge in [0.15, 0.2) is 0 Å². The first-order chi connectivity index (χ1) is 17.8. The second-order valence-electron chi connectivity index (χ2n) is 12.7. The lowest BCUT2D eigenvalue weighted by atomic mass is 9.85. The Labute approximate surface area is 226 Å². The second kappa shape index (κ2) is 10.3. The van der Waals surface area contributed by atoms with Gasteiger partial charge in [0.05, 0.1) is 20.3 Å². The minimum atomic E-state index is -0.737. The van der Waals surface area contributed by atoms with Crippen molar-refractivity contribution in [1.29, 1.82) is 0 Å². The average Bonchev–Trinajstić information content (AvgIpc) is 3.21. The Morgan fingerprint density at radius 2 is 1.82 bits per heavy atom. The zero-order chi connectivity index (χ0) is 27.9. The van der Waals surface area contributed by atoms with Crippen LogP contribution in [0.2, 0.25) is 0 Å². The summed E-state index contributed by atoms with van der Waals surface area (Å²) < 4.78 is 17.5. The lowest BCUT2D eigenvalue weighted by Gasteiger charge is -2.35. The predicted molar refractivity (Wildman–Crippen MR) is 150 cm³/mol. The fraction of sp³-hybridized carbons (Fsp3) is 0.548. The third-order valence-corrected chi connectivity index (χ3v) is 7.91. The number of alkyl carbamates (subject to hydrolysis) is 1. The van der Waals surface area contributed by atoms with E-state index in [1.54, 1.807) is 14.2 Å². The largest absolute Gasteiger partial charge is 0.496 e. The van der Waals surface area contributed by atoms with E-state index in [-0.39, 0.29) is 24.0 Å². The third-order valence-electron chi connectivity index (χ3n) is 7.91. The first kappa shape index (κ1) is 28.0. The molecule has 2 aromatic carbocycles. The van der Waals surface area contributed by atoms with Crippen molar-refractivity contribution in [3.8, 4) is 5.75 Å². The van der Waals surface area contributed by atoms with Crippen LogP contribution in [0.4, 0.5) is 4.79 Å². The lowest BCUT2D eigenvalue weighted by molar-refractivity contribution is -0.137. The Morgan fingerprint density at radius 3 is 2.47 bits per heavy atom. The van der Waals surface area contributed by atoms with Gasteiger partial charge >= 0.3 is 6.09 Å². The van der Waals surface area contributed by atoms with Gasteiger partial charge < -0.3 is 24.4 Å². The van der Waals surface area contributed by atoms with Crippen LogP contribution in [0.1, 0.15) is 65.5 Å². The van der Waals surface area contributed by atoms with Crippen LogP contribution in [-0.4, -0.2) is 56.4 Å². The molecular weight excluding hydrogens is 480 g/mol. The number of fused-ring (bicyclic) bond motifs is 5. The highest BCUT2D eigenvalue weighted by Gasteiger charge is 2.48. The molecule has 2 amide bonds. The van der Waals surface area contributed by atoms with Gasteiger partial charge in [0.25, 0.3) is 0 Å². The summed E-state index contributed by atoms with van der Waals surface area (Å²) in [6.45, 7) is 12.6. The number of ether oxygens (including phenoxy) is 3. The molecule has 1 N–H and O–H groups in total. The number of hydrogen-bond donors (Lipinski definition) is 1. The van der Waals surface area contributed by atoms with Gasteiger partial charge in [0, 0.05) is 30.6 Å². The molecule has 4 rings (SSSR count). The minimum Gasteiger partial charge on any atom is -0.496 e. The first-order valence-electron chi connectivity index (χ1n) is 13.4. The van der Waals surface area contributed by atoms with Gasteiger partial charge in [0.2, 0.25) is 5.91 Å². The summed E-state index contributed by atoms with van der Waals surface area (Å²) in [4.78, 5) is 28.7. The van der Waals surface area contributed by atoms with Gasteiger partial charge in [-0.05, 0) is 53.3 Å². The van der Waals surface area contributed by atoms with Crippen molar-refractivity contribution >= 4 is 28.8 Å². The maximum atomic E-state index is 13.9. The molecule has 206 valence electrons. The summed E-state index contributed by atoms with van der Waals surface area (Å²) in [5, 5.41) is 5.04. The van der Waals surface area contributed by atoms with Crippen LogP contribution in [0.25, 0.3) is 16.8 Å². The molecule has 7 nitrogen and oxygen atoms in total. The molecule has 5 bridgehead atoms. The summed E-state index contributed by atoms with van der Waals surface area (Å²) in [6.07, 6.45) is 4.92. The van der Waals surface area contributed by atoms with E-state index < -0.39 is 23.2 Å². The van der Waals surface area contributed by atoms with Gasteiger partial charge in [-0.25, -0.2) is 4.79 Å². The van der Waals surface area contributed by atoms with Crippen LogP contribution in [0.3, 0.4) is 0 Å². The van der Waals surface area contributed by atoms with Gasteiger partial charge in [-0.15, -0.1) is 0 Å². The van der Waals surface area contributed by atoms with Crippen molar-refractivity contribution in [2.75, 3.05) is 27.4 Å². The van der Waals surface area contributed by atoms with E-state index in [4.69, 9.17) is 14.2 Å². The van der Waals surface area contributed by atoms with Crippen molar-refractivity contribution < 1.29 is 23.8 Å². The van der Waals surface area contributed by atoms with Crippen molar-refractivity contribution in [3.05, 3.63) is 47.5 Å². The molecule has 2 aliphatic heterocycles. The molecule has 0 saturated carbocycles. The van der Waals surface area contributed by atoms with E-state index in [1.165, 1.54) is 0 Å². The normalized spacial score (nSPS) is 27.1. The SMILES string of the molecule is COc1cc2ccc3cc2cc1/C=C\CC(C)(C)COC(=O)N[C@@H](C(C)(C)C)C(=O)N1C[C@@]3(OC)C[C@H]1C. The fourth-order valence-corrected chi connectivity index (χ4v) is 5.54. The summed E-state index contributed by atoms with van der Waals surface area (Å²) >= 11 is 0. The summed E-state index contributed by atoms with van der Waals surface area (Å²) in [5.41, 5.74) is 0.545. The van der Waals surface area contributed by atoms with Crippen LogP contribution in [0.5, 0.6) is 5.75 Å². The molecule has 2 aromatic rings. The molecule has 0 aliphatic carbocycles. The molecule has 3 atom stereocenters. The highest BCUT2D eigenvalue weighted by molar-refractivity contribution is 5.89. The molecule has 2 heterocycles. The molecule has 2 aliphatic rings. The Balaban J connectivity index is 1.84. The van der Waals surface area contributed by atoms with Gasteiger partial charge in [-0.2, -0.15) is 0 Å². The average molecular weight is 523 g/mol. The summed E-state index contributed by atoms with van der Waals surface area (Å²) in [5.74, 6) is 0.669. The molecule has 1 fully saturated rings. The lowest BCUT2D eigenvalue weighted by Crippen LogP contribution is -2.56. The van der Waals surface area contributed by atoms with E-state index in [0.29, 0.717) is 19.4 Å². The Morgan fingerprint density at radius 1 is 1.08 bits per heavy atom. The predicted octanol–water partition coefficient (Wildman–Crippen LogP) is 5.89. The van der Waals surface area contributed by atoms with Crippen molar-refractivity contribution in [2.45, 2.75) is 72.1 Å². The summed E-state index contributed by atoms with van der Waals surface area (Å²) in [7, 11) is 3.38. The van der Waals surface area contributed by atoms with Gasteiger partial charge in [-0.1, -0.05) is 58.9 Å². The highest BCUT2D eigenvalue weighted by Crippen LogP contribution is 2.41. The minimum absolute atomic E-state index is 0.0730. The highest BCUT2D eigenvalue weighted by atomic mass is 16.5. The molecule has 0 unspecified atom stereocenters. The van der Waals surface area contributed by atoms with Crippen LogP contribution in [-0.2, 0) is 19.9 Å². The number of carbonyl (C=O) groups excluding carboxylic acids is 2. The molecule has 1 saturated heterocycles. The number of methoxy groups -OCH3 is 2. The molecular formula is C31H42N2O5. The maximum Gasteiger partial charge on any atom is 0.407 e. The van der Waals surface area contributed by atoms with E-state index in [1.807, 2.05) is 32.6 Å². The second-order valence-corrected chi connectivity index (χ2v) is 12.7. The molecule has 0 radical (unpaired) electrons. The number of nitrogens with zero attached hydrogens (tertiary/aromatic N) is 1. The Kier molecular flexibility index (Phi) is 7.54. The number of carbonyl (C=O) groups is 2. The number of nitrogens with one attached hydrogen (secondary N) is 1. The van der Waals surface area contributed by atoms with Crippen LogP contribution >= 0.6 is 0 Å². The number of hydrogen-bond acceptors (Lipinski definition) is 5. The third kappa shape index (κ3) is 5.53. The van der Waals surface area contributed by atoms with Crippen LogP contribution < -0.4 is 10.1 Å². The molecule has 0 spiro atoms. The number of rotatable bonds is 2. The van der Waals surface area contributed by atoms with E-state index >= 15 is 0 Å². The van der Waals surface area contributed by atoms with Crippen LogP contribution in [0.15, 0.2) is 36.4 Å². The van der Waals surface area contributed by atoms with Crippen LogP contribution in [0, 0.1) is 10.8 Å². The number of amides is 2. The van der Waals surface area contributed by atoms with Crippen molar-refractivity contribution in [3.63, 3.8) is 0 Å². The maximum absolute atomic E-state index is 13.9. The quantitative estimate of drug-likeness (QED) is 0.532. The molecule has 0 aromatic heterocycles. The molecule has 7 heteroatoms. The number of allylic oxidation sites excluding steroid dienone is 1. The van der Waals surface area contributed by atoms with Gasteiger partial charge in [0.1, 0.15) is 17.4 Å². The standard InChI is InChI=1S/C31H42N2O5/c1-20-17-31(37-8)18-33(20)27(34)26(29(2,3)4)32-28(35)38-19-30(5,6)13-9-10-22-14-23-15-24(31)12-11-21(23)16-25(22)36-7/h9-12,14-16,20,26H,13,17-19H2,1-8H3,(H,32,35)/b10-9-/t20-,26-,31+/m1/s1. The van der Waals surface area contributed by atoms with E-state index in [0.717, 1.165) is 27.6 Å². The Hall–Kier alpha value is -3.06.